The zero-order chi connectivity index (χ0) is 27.9. The van der Waals surface area contributed by atoms with Crippen LogP contribution in [0.2, 0.25) is 0 Å². The Bertz CT molecular complexity index is 1530. The average Bonchev–Trinajstić information content (AvgIpc) is 3.64. The Balaban J connectivity index is 0.000000161. The molecule has 4 nitrogen and oxygen atoms in total. The summed E-state index contributed by atoms with van der Waals surface area (Å²) < 4.78 is 12.8. The fourth-order valence-corrected chi connectivity index (χ4v) is 4.85. The van der Waals surface area contributed by atoms with Crippen molar-refractivity contribution in [3.05, 3.63) is 132 Å². The van der Waals surface area contributed by atoms with E-state index in [4.69, 9.17) is 20.4 Å². The Morgan fingerprint density at radius 3 is 1.35 bits per heavy atom. The number of oxazole rings is 2. The lowest BCUT2D eigenvalue weighted by molar-refractivity contribution is 0.587. The molecule has 200 valence electrons. The molecule has 0 unspecified atom stereocenters. The fourth-order valence-electron chi connectivity index (χ4n) is 4.15. The highest BCUT2D eigenvalue weighted by Gasteiger charge is 2.16. The lowest BCUT2D eigenvalue weighted by atomic mass is 10.1. The van der Waals surface area contributed by atoms with Crippen LogP contribution in [-0.4, -0.2) is 9.97 Å². The van der Waals surface area contributed by atoms with Crippen molar-refractivity contribution in [2.24, 2.45) is 0 Å². The van der Waals surface area contributed by atoms with Gasteiger partial charge in [0.25, 0.3) is 0 Å². The maximum Gasteiger partial charge on any atom is 0.227 e. The lowest BCUT2D eigenvalue weighted by Gasteiger charge is -1.98. The molecule has 0 bridgehead atoms. The van der Waals surface area contributed by atoms with E-state index in [9.17, 15) is 0 Å². The van der Waals surface area contributed by atoms with Gasteiger partial charge in [0.2, 0.25) is 11.8 Å². The van der Waals surface area contributed by atoms with E-state index in [1.807, 2.05) is 84.9 Å². The summed E-state index contributed by atoms with van der Waals surface area (Å²) in [5, 5.41) is 0. The molecule has 0 aliphatic rings. The van der Waals surface area contributed by atoms with E-state index in [-0.39, 0.29) is 0 Å². The van der Waals surface area contributed by atoms with Gasteiger partial charge in [-0.1, -0.05) is 119 Å². The predicted molar refractivity (Wildman–Crippen MR) is 172 cm³/mol. The van der Waals surface area contributed by atoms with Crippen LogP contribution in [0.5, 0.6) is 0 Å². The van der Waals surface area contributed by atoms with Crippen molar-refractivity contribution in [3.8, 4) is 45.6 Å². The molecule has 40 heavy (non-hydrogen) atoms. The summed E-state index contributed by atoms with van der Waals surface area (Å²) in [5.74, 6) is 3.25. The molecule has 0 aliphatic heterocycles. The topological polar surface area (TPSA) is 52.1 Å². The Morgan fingerprint density at radius 1 is 0.550 bits per heavy atom. The number of aromatic nitrogens is 2. The second-order valence-electron chi connectivity index (χ2n) is 9.32. The smallest absolute Gasteiger partial charge is 0.227 e. The molecule has 0 saturated carbocycles. The van der Waals surface area contributed by atoms with Crippen molar-refractivity contribution in [1.82, 2.24) is 9.97 Å². The normalized spacial score (nSPS) is 10.7. The Labute approximate surface area is 253 Å². The fraction of sp³-hybridized carbons (Fsp3) is 0.118. The number of hydrogen-bond donors (Lipinski definition) is 0. The molecular weight excluding hydrogens is 631 g/mol. The SMILES string of the molecule is Cc1ccc(-c2nc(CCl)c(-c3ccccc3)o2)cc1.Cc1ccc(-c2nc(CI)c(-c3ccccc3)o2)cc1. The first-order valence-corrected chi connectivity index (χ1v) is 15.0. The number of nitrogens with zero attached hydrogens (tertiary/aromatic N) is 2. The lowest BCUT2D eigenvalue weighted by Crippen LogP contribution is -1.83. The highest BCUT2D eigenvalue weighted by molar-refractivity contribution is 14.1. The minimum absolute atomic E-state index is 0.333. The third-order valence-electron chi connectivity index (χ3n) is 6.32. The number of hydrogen-bond acceptors (Lipinski definition) is 4. The van der Waals surface area contributed by atoms with Crippen molar-refractivity contribution in [2.75, 3.05) is 0 Å². The van der Waals surface area contributed by atoms with Gasteiger partial charge in [0.1, 0.15) is 5.69 Å². The van der Waals surface area contributed by atoms with E-state index in [0.29, 0.717) is 17.7 Å². The molecule has 0 fully saturated rings. The van der Waals surface area contributed by atoms with Crippen LogP contribution in [0.4, 0.5) is 0 Å². The van der Waals surface area contributed by atoms with Crippen LogP contribution in [0.25, 0.3) is 45.6 Å². The molecule has 0 spiro atoms. The summed E-state index contributed by atoms with van der Waals surface area (Å²) >= 11 is 8.31. The Morgan fingerprint density at radius 2 is 0.950 bits per heavy atom. The molecular formula is C34H28ClIN2O2. The molecule has 0 aliphatic carbocycles. The Hall–Kier alpha value is -3.68. The summed E-state index contributed by atoms with van der Waals surface area (Å²) in [6.07, 6.45) is 0. The highest BCUT2D eigenvalue weighted by Crippen LogP contribution is 2.32. The standard InChI is InChI=1S/C17H14ClNO.C17H14INO/c2*1-12-7-9-14(10-8-12)17-19-15(11-18)16(20-17)13-5-3-2-4-6-13/h2*2-10H,11H2,1H3. The van der Waals surface area contributed by atoms with Crippen molar-refractivity contribution in [3.63, 3.8) is 0 Å². The second kappa shape index (κ2) is 13.1. The van der Waals surface area contributed by atoms with Crippen molar-refractivity contribution in [1.29, 1.82) is 0 Å². The zero-order valence-corrected chi connectivity index (χ0v) is 25.2. The van der Waals surface area contributed by atoms with Gasteiger partial charge in [0.05, 0.1) is 11.6 Å². The van der Waals surface area contributed by atoms with Gasteiger partial charge in [-0.15, -0.1) is 11.6 Å². The summed E-state index contributed by atoms with van der Waals surface area (Å²) in [7, 11) is 0. The molecule has 2 aromatic heterocycles. The van der Waals surface area contributed by atoms with Gasteiger partial charge in [0, 0.05) is 26.7 Å². The molecule has 0 saturated heterocycles. The number of rotatable bonds is 6. The van der Waals surface area contributed by atoms with Crippen molar-refractivity contribution >= 4 is 34.2 Å². The summed E-state index contributed by atoms with van der Waals surface area (Å²) in [5.41, 5.74) is 8.26. The van der Waals surface area contributed by atoms with E-state index in [1.54, 1.807) is 0 Å². The van der Waals surface area contributed by atoms with Gasteiger partial charge in [-0.2, -0.15) is 0 Å². The molecule has 0 amide bonds. The molecule has 6 aromatic rings. The van der Waals surface area contributed by atoms with Crippen LogP contribution in [0.15, 0.2) is 118 Å². The molecule has 2 heterocycles. The van der Waals surface area contributed by atoms with Gasteiger partial charge >= 0.3 is 0 Å². The van der Waals surface area contributed by atoms with Crippen molar-refractivity contribution < 1.29 is 8.83 Å². The molecule has 0 N–H and O–H groups in total. The van der Waals surface area contributed by atoms with Gasteiger partial charge < -0.3 is 8.83 Å². The van der Waals surface area contributed by atoms with Gasteiger partial charge in [-0.3, -0.25) is 0 Å². The summed E-state index contributed by atoms with van der Waals surface area (Å²) in [4.78, 5) is 9.14. The summed E-state index contributed by atoms with van der Waals surface area (Å²) in [6.45, 7) is 4.13. The minimum atomic E-state index is 0.333. The molecule has 0 radical (unpaired) electrons. The zero-order valence-electron chi connectivity index (χ0n) is 22.3. The van der Waals surface area contributed by atoms with E-state index in [0.717, 1.165) is 49.6 Å². The van der Waals surface area contributed by atoms with Crippen molar-refractivity contribution in [2.45, 2.75) is 24.2 Å². The molecule has 6 rings (SSSR count). The van der Waals surface area contributed by atoms with Gasteiger partial charge in [0.15, 0.2) is 11.5 Å². The van der Waals surface area contributed by atoms with Crippen LogP contribution >= 0.6 is 34.2 Å². The van der Waals surface area contributed by atoms with Crippen LogP contribution in [0.1, 0.15) is 22.5 Å². The van der Waals surface area contributed by atoms with Crippen LogP contribution in [0, 0.1) is 13.8 Å². The quantitative estimate of drug-likeness (QED) is 0.132. The maximum absolute atomic E-state index is 6.00. The third-order valence-corrected chi connectivity index (χ3v) is 7.29. The van der Waals surface area contributed by atoms with E-state index in [2.05, 4.69) is 70.7 Å². The first-order valence-electron chi connectivity index (χ1n) is 12.9. The largest absolute Gasteiger partial charge is 0.436 e. The Kier molecular flexibility index (Phi) is 9.14. The molecule has 0 atom stereocenters. The summed E-state index contributed by atoms with van der Waals surface area (Å²) in [6, 6.07) is 36.4. The third kappa shape index (κ3) is 6.54. The maximum atomic E-state index is 6.00. The van der Waals surface area contributed by atoms with Gasteiger partial charge in [-0.25, -0.2) is 9.97 Å². The number of halogens is 2. The number of alkyl halides is 2. The van der Waals surface area contributed by atoms with Gasteiger partial charge in [-0.05, 0) is 38.1 Å². The average molecular weight is 659 g/mol. The second-order valence-corrected chi connectivity index (χ2v) is 10.4. The van der Waals surface area contributed by atoms with Crippen LogP contribution < -0.4 is 0 Å². The van der Waals surface area contributed by atoms with Crippen LogP contribution in [-0.2, 0) is 10.3 Å². The highest BCUT2D eigenvalue weighted by atomic mass is 127. The number of benzene rings is 4. The minimum Gasteiger partial charge on any atom is -0.436 e. The van der Waals surface area contributed by atoms with E-state index in [1.165, 1.54) is 11.1 Å². The predicted octanol–water partition coefficient (Wildman–Crippen LogP) is 10.3. The van der Waals surface area contributed by atoms with Crippen LogP contribution in [0.3, 0.4) is 0 Å². The monoisotopic (exact) mass is 658 g/mol. The first kappa shape index (κ1) is 27.9. The first-order chi connectivity index (χ1) is 19.6. The number of aryl methyl sites for hydroxylation is 2. The molecule has 4 aromatic carbocycles. The van der Waals surface area contributed by atoms with E-state index >= 15 is 0 Å². The molecule has 6 heteroatoms. The van der Waals surface area contributed by atoms with E-state index < -0.39 is 0 Å².